The maximum absolute atomic E-state index is 4.65. The average Bonchev–Trinajstić information content (AvgIpc) is 1.79. The number of thiocarbonyl (C=S) groups is 2. The van der Waals surface area contributed by atoms with Crippen LogP contribution in [0, 0.1) is 0 Å². The van der Waals surface area contributed by atoms with Crippen molar-refractivity contribution < 1.29 is 0 Å². The summed E-state index contributed by atoms with van der Waals surface area (Å²) in [6.45, 7) is 1.42. The first-order valence-electron chi connectivity index (χ1n) is 2.56. The molecule has 2 N–H and O–H groups in total. The fraction of sp³-hybridized carbons (Fsp3) is 0.500. The van der Waals surface area contributed by atoms with Crippen molar-refractivity contribution in [3.8, 4) is 0 Å². The Kier molecular flexibility index (Phi) is 13.0. The molecule has 0 aromatic heterocycles. The molecule has 0 aromatic rings. The number of rotatable bonds is 3. The van der Waals surface area contributed by atoms with Gasteiger partial charge in [-0.05, 0) is 0 Å². The second-order valence-corrected chi connectivity index (χ2v) is 3.78. The van der Waals surface area contributed by atoms with Gasteiger partial charge in [-0.2, -0.15) is 0 Å². The molecular weight excluding hydrogens is 227 g/mol. The van der Waals surface area contributed by atoms with Gasteiger partial charge >= 0.3 is 0 Å². The van der Waals surface area contributed by atoms with Gasteiger partial charge in [-0.15, -0.1) is 25.3 Å². The molecule has 0 saturated carbocycles. The van der Waals surface area contributed by atoms with Crippen molar-refractivity contribution in [1.82, 2.24) is 10.6 Å². The predicted octanol–water partition coefficient (Wildman–Crippen LogP) is 0.214. The van der Waals surface area contributed by atoms with Gasteiger partial charge in [0.05, 0.1) is 0 Å². The zero-order valence-corrected chi connectivity index (χ0v) is 11.5. The van der Waals surface area contributed by atoms with E-state index >= 15 is 0 Å². The van der Waals surface area contributed by atoms with Crippen LogP contribution in [-0.2, 0) is 0 Å². The number of hydrogen-bond acceptors (Lipinski definition) is 2. The molecular formula is C4H8N2NaS4. The van der Waals surface area contributed by atoms with Crippen molar-refractivity contribution in [2.75, 3.05) is 13.1 Å². The minimum absolute atomic E-state index is 0. The van der Waals surface area contributed by atoms with Gasteiger partial charge in [-0.25, -0.2) is 0 Å². The van der Waals surface area contributed by atoms with Crippen LogP contribution >= 0.6 is 49.7 Å². The molecule has 0 aliphatic rings. The second kappa shape index (κ2) is 9.57. The zero-order chi connectivity index (χ0) is 7.98. The van der Waals surface area contributed by atoms with E-state index < -0.39 is 0 Å². The molecule has 0 aliphatic heterocycles. The second-order valence-electron chi connectivity index (χ2n) is 1.46. The standard InChI is InChI=1S/C4H8N2S4.Na/c7-3(8)5-1-2-6-4(9)10;/h1-2H2,(H2,5,7,8)(H2,6,9,10);. The Bertz CT molecular complexity index is 124. The maximum atomic E-state index is 4.65. The smallest absolute Gasteiger partial charge is 0.130 e. The SMILES string of the molecule is S=C(S)NCCNC(=S)S.[Na]. The first kappa shape index (κ1) is 15.0. The third-order valence-electron chi connectivity index (χ3n) is 0.677. The Labute approximate surface area is 110 Å². The molecule has 0 bridgehead atoms. The third-order valence-corrected chi connectivity index (χ3v) is 1.28. The van der Waals surface area contributed by atoms with Gasteiger partial charge < -0.3 is 10.6 Å². The van der Waals surface area contributed by atoms with Crippen LogP contribution in [0.5, 0.6) is 0 Å². The Morgan fingerprint density at radius 1 is 1.00 bits per heavy atom. The fourth-order valence-electron chi connectivity index (χ4n) is 0.339. The molecule has 0 spiro atoms. The van der Waals surface area contributed by atoms with Gasteiger partial charge in [0, 0.05) is 42.6 Å². The van der Waals surface area contributed by atoms with E-state index in [2.05, 4.69) is 60.3 Å². The number of nitrogens with one attached hydrogen (secondary N) is 2. The van der Waals surface area contributed by atoms with E-state index in [4.69, 9.17) is 0 Å². The summed E-state index contributed by atoms with van der Waals surface area (Å²) in [6, 6.07) is 0. The average molecular weight is 235 g/mol. The largest absolute Gasteiger partial charge is 0.369 e. The Morgan fingerprint density at radius 2 is 1.27 bits per heavy atom. The van der Waals surface area contributed by atoms with E-state index in [1.807, 2.05) is 0 Å². The first-order valence-corrected chi connectivity index (χ1v) is 4.27. The molecule has 0 unspecified atom stereocenters. The summed E-state index contributed by atoms with van der Waals surface area (Å²) in [4.78, 5) is 0. The number of hydrogen-bond donors (Lipinski definition) is 4. The van der Waals surface area contributed by atoms with E-state index in [-0.39, 0.29) is 29.6 Å². The molecule has 1 radical (unpaired) electrons. The summed E-state index contributed by atoms with van der Waals surface area (Å²) in [6.07, 6.45) is 0. The van der Waals surface area contributed by atoms with Crippen LogP contribution in [0.2, 0.25) is 0 Å². The van der Waals surface area contributed by atoms with Gasteiger partial charge in [0.25, 0.3) is 0 Å². The van der Waals surface area contributed by atoms with Crippen molar-refractivity contribution >= 4 is 87.9 Å². The molecule has 0 aliphatic carbocycles. The topological polar surface area (TPSA) is 24.1 Å². The number of thiol groups is 2. The fourth-order valence-corrected chi connectivity index (χ4v) is 0.767. The van der Waals surface area contributed by atoms with E-state index in [1.54, 1.807) is 0 Å². The van der Waals surface area contributed by atoms with Gasteiger partial charge in [-0.1, -0.05) is 24.4 Å². The van der Waals surface area contributed by atoms with Crippen LogP contribution < -0.4 is 10.6 Å². The molecule has 0 rings (SSSR count). The van der Waals surface area contributed by atoms with Crippen LogP contribution in [0.3, 0.4) is 0 Å². The van der Waals surface area contributed by atoms with E-state index in [1.165, 1.54) is 0 Å². The molecule has 59 valence electrons. The third kappa shape index (κ3) is 14.3. The molecule has 7 heteroatoms. The first-order chi connectivity index (χ1) is 4.63. The minimum Gasteiger partial charge on any atom is -0.369 e. The van der Waals surface area contributed by atoms with Crippen LogP contribution in [0.1, 0.15) is 0 Å². The molecule has 0 aromatic carbocycles. The van der Waals surface area contributed by atoms with Crippen LogP contribution in [0.15, 0.2) is 0 Å². The summed E-state index contributed by atoms with van der Waals surface area (Å²) in [7, 11) is 0. The summed E-state index contributed by atoms with van der Waals surface area (Å²) in [5.74, 6) is 0. The summed E-state index contributed by atoms with van der Waals surface area (Å²) < 4.78 is 0.985. The molecule has 11 heavy (non-hydrogen) atoms. The molecule has 0 heterocycles. The molecule has 2 nitrogen and oxygen atoms in total. The van der Waals surface area contributed by atoms with Gasteiger partial charge in [-0.3, -0.25) is 0 Å². The van der Waals surface area contributed by atoms with Crippen molar-refractivity contribution in [1.29, 1.82) is 0 Å². The van der Waals surface area contributed by atoms with Crippen LogP contribution in [0.4, 0.5) is 0 Å². The van der Waals surface area contributed by atoms with E-state index in [0.717, 1.165) is 0 Å². The Hall–Kier alpha value is 1.48. The quantitative estimate of drug-likeness (QED) is 0.243. The van der Waals surface area contributed by atoms with Crippen molar-refractivity contribution in [2.24, 2.45) is 0 Å². The maximum Gasteiger partial charge on any atom is 0.130 e. The molecule has 0 atom stereocenters. The Morgan fingerprint density at radius 3 is 1.45 bits per heavy atom. The molecule has 0 amide bonds. The van der Waals surface area contributed by atoms with Gasteiger partial charge in [0.2, 0.25) is 0 Å². The van der Waals surface area contributed by atoms with Crippen molar-refractivity contribution in [3.63, 3.8) is 0 Å². The van der Waals surface area contributed by atoms with Gasteiger partial charge in [0.15, 0.2) is 0 Å². The summed E-state index contributed by atoms with van der Waals surface area (Å²) in [5, 5.41) is 5.68. The Balaban J connectivity index is 0. The van der Waals surface area contributed by atoms with Gasteiger partial charge in [0.1, 0.15) is 8.64 Å². The van der Waals surface area contributed by atoms with Crippen LogP contribution in [-0.4, -0.2) is 51.3 Å². The van der Waals surface area contributed by atoms with E-state index in [9.17, 15) is 0 Å². The summed E-state index contributed by atoms with van der Waals surface area (Å²) >= 11 is 17.0. The molecule has 0 saturated heterocycles. The van der Waals surface area contributed by atoms with Crippen molar-refractivity contribution in [3.05, 3.63) is 0 Å². The monoisotopic (exact) mass is 235 g/mol. The normalized spacial score (nSPS) is 7.82. The summed E-state index contributed by atoms with van der Waals surface area (Å²) in [5.41, 5.74) is 0. The predicted molar refractivity (Wildman–Crippen MR) is 64.9 cm³/mol. The van der Waals surface area contributed by atoms with E-state index in [0.29, 0.717) is 21.7 Å². The minimum atomic E-state index is 0. The zero-order valence-electron chi connectivity index (χ0n) is 6.13. The molecule has 0 fully saturated rings. The van der Waals surface area contributed by atoms with Crippen LogP contribution in [0.25, 0.3) is 0 Å². The van der Waals surface area contributed by atoms with Crippen molar-refractivity contribution in [2.45, 2.75) is 0 Å².